The second kappa shape index (κ2) is 14.4. The van der Waals surface area contributed by atoms with Crippen LogP contribution in [0.4, 0.5) is 11.5 Å². The van der Waals surface area contributed by atoms with Gasteiger partial charge in [0, 0.05) is 24.6 Å². The number of likely N-dealkylation sites (tertiary alicyclic amines) is 1. The molecule has 4 aromatic rings. The minimum atomic E-state index is -0.196. The van der Waals surface area contributed by atoms with Crippen molar-refractivity contribution in [3.05, 3.63) is 83.9 Å². The molecule has 1 amide bonds. The lowest BCUT2D eigenvalue weighted by atomic mass is 9.97. The molecule has 0 radical (unpaired) electrons. The summed E-state index contributed by atoms with van der Waals surface area (Å²) in [7, 11) is 1.63. The van der Waals surface area contributed by atoms with E-state index in [1.54, 1.807) is 13.2 Å². The number of nitriles is 1. The Morgan fingerprint density at radius 3 is 2.48 bits per heavy atom. The molecule has 226 valence electrons. The predicted molar refractivity (Wildman–Crippen MR) is 172 cm³/mol. The molecule has 1 aliphatic rings. The van der Waals surface area contributed by atoms with E-state index in [0.717, 1.165) is 42.1 Å². The standard InChI is InChI=1S/C35H37N5O4/c1-24(41)38-31-15-12-26(20-34(31)43-19-18-40-16-6-3-7-17-40)29-21-32(39-35(37)30(29)22-36)28-8-4-5-9-33(28)44-23-25-10-13-27(42-2)14-11-25/h4-5,8-15,20-21H,3,6-7,16-19,23H2,1-2H3,(H2,37,39)(H,38,41). The summed E-state index contributed by atoms with van der Waals surface area (Å²) in [5.41, 5.74) is 10.8. The third-order valence-electron chi connectivity index (χ3n) is 7.59. The largest absolute Gasteiger partial charge is 0.497 e. The number of carbonyl (C=O) groups is 1. The first-order valence-electron chi connectivity index (χ1n) is 14.8. The Morgan fingerprint density at radius 2 is 1.75 bits per heavy atom. The van der Waals surface area contributed by atoms with Gasteiger partial charge in [-0.2, -0.15) is 5.26 Å². The SMILES string of the molecule is COc1ccc(COc2ccccc2-c2cc(-c3ccc(NC(C)=O)c(OCCN4CCCCC4)c3)c(C#N)c(N)n2)cc1. The van der Waals surface area contributed by atoms with Gasteiger partial charge in [0.25, 0.3) is 0 Å². The number of nitrogens with two attached hydrogens (primary N) is 1. The zero-order valence-electron chi connectivity index (χ0n) is 25.1. The Labute approximate surface area is 258 Å². The molecule has 2 heterocycles. The van der Waals surface area contributed by atoms with E-state index < -0.39 is 0 Å². The Bertz CT molecular complexity index is 1640. The highest BCUT2D eigenvalue weighted by Gasteiger charge is 2.18. The van der Waals surface area contributed by atoms with Crippen molar-refractivity contribution in [3.63, 3.8) is 0 Å². The smallest absolute Gasteiger partial charge is 0.221 e. The van der Waals surface area contributed by atoms with Crippen LogP contribution in [0.3, 0.4) is 0 Å². The van der Waals surface area contributed by atoms with Gasteiger partial charge in [-0.05, 0) is 79.5 Å². The number of benzene rings is 3. The lowest BCUT2D eigenvalue weighted by Crippen LogP contribution is -2.33. The molecule has 0 aliphatic carbocycles. The van der Waals surface area contributed by atoms with Gasteiger partial charge in [0.15, 0.2) is 0 Å². The fourth-order valence-corrected chi connectivity index (χ4v) is 5.30. The Hall–Kier alpha value is -5.07. The maximum atomic E-state index is 11.9. The number of pyridine rings is 1. The van der Waals surface area contributed by atoms with Gasteiger partial charge in [-0.15, -0.1) is 0 Å². The number of amides is 1. The first-order chi connectivity index (χ1) is 21.4. The van der Waals surface area contributed by atoms with Crippen LogP contribution in [0.5, 0.6) is 17.2 Å². The number of hydrogen-bond acceptors (Lipinski definition) is 8. The van der Waals surface area contributed by atoms with Crippen molar-refractivity contribution in [1.29, 1.82) is 5.26 Å². The van der Waals surface area contributed by atoms with Gasteiger partial charge in [-0.1, -0.05) is 36.8 Å². The molecule has 0 saturated carbocycles. The molecule has 1 saturated heterocycles. The molecule has 3 N–H and O–H groups in total. The number of para-hydroxylation sites is 1. The number of methoxy groups -OCH3 is 1. The van der Waals surface area contributed by atoms with E-state index in [0.29, 0.717) is 41.7 Å². The van der Waals surface area contributed by atoms with Crippen LogP contribution in [0, 0.1) is 11.3 Å². The minimum absolute atomic E-state index is 0.114. The summed E-state index contributed by atoms with van der Waals surface area (Å²) in [6, 6.07) is 24.8. The summed E-state index contributed by atoms with van der Waals surface area (Å²) in [4.78, 5) is 18.9. The molecule has 44 heavy (non-hydrogen) atoms. The quantitative estimate of drug-likeness (QED) is 0.209. The number of ether oxygens (including phenoxy) is 3. The number of carbonyl (C=O) groups excluding carboxylic acids is 1. The third-order valence-corrected chi connectivity index (χ3v) is 7.59. The average molecular weight is 592 g/mol. The van der Waals surface area contributed by atoms with Crippen molar-refractivity contribution in [1.82, 2.24) is 9.88 Å². The van der Waals surface area contributed by atoms with Crippen LogP contribution >= 0.6 is 0 Å². The summed E-state index contributed by atoms with van der Waals surface area (Å²) in [6.45, 7) is 5.22. The molecular weight excluding hydrogens is 554 g/mol. The van der Waals surface area contributed by atoms with Crippen molar-refractivity contribution in [3.8, 4) is 45.7 Å². The van der Waals surface area contributed by atoms with Gasteiger partial charge in [0.2, 0.25) is 5.91 Å². The summed E-state index contributed by atoms with van der Waals surface area (Å²) < 4.78 is 17.7. The van der Waals surface area contributed by atoms with Crippen LogP contribution in [0.15, 0.2) is 72.8 Å². The Balaban J connectivity index is 1.45. The lowest BCUT2D eigenvalue weighted by molar-refractivity contribution is -0.114. The van der Waals surface area contributed by atoms with Gasteiger partial charge in [0.1, 0.15) is 47.9 Å². The van der Waals surface area contributed by atoms with E-state index in [-0.39, 0.29) is 17.3 Å². The predicted octanol–water partition coefficient (Wildman–Crippen LogP) is 6.28. The average Bonchev–Trinajstić information content (AvgIpc) is 3.04. The number of nitrogens with zero attached hydrogens (tertiary/aromatic N) is 3. The second-order valence-electron chi connectivity index (χ2n) is 10.7. The molecule has 0 atom stereocenters. The molecule has 0 unspecified atom stereocenters. The first kappa shape index (κ1) is 30.4. The van der Waals surface area contributed by atoms with Crippen molar-refractivity contribution >= 4 is 17.4 Å². The van der Waals surface area contributed by atoms with Crippen LogP contribution in [0.25, 0.3) is 22.4 Å². The number of anilines is 2. The fraction of sp³-hybridized carbons (Fsp3) is 0.286. The molecule has 9 nitrogen and oxygen atoms in total. The van der Waals surface area contributed by atoms with E-state index in [1.165, 1.54) is 26.2 Å². The van der Waals surface area contributed by atoms with Crippen molar-refractivity contribution in [2.45, 2.75) is 32.8 Å². The van der Waals surface area contributed by atoms with Crippen molar-refractivity contribution in [2.75, 3.05) is 44.4 Å². The highest BCUT2D eigenvalue weighted by Crippen LogP contribution is 2.38. The summed E-state index contributed by atoms with van der Waals surface area (Å²) in [6.07, 6.45) is 3.67. The Kier molecular flexibility index (Phi) is 9.95. The molecule has 9 heteroatoms. The van der Waals surface area contributed by atoms with E-state index in [4.69, 9.17) is 19.9 Å². The number of rotatable bonds is 11. The van der Waals surface area contributed by atoms with E-state index in [1.807, 2.05) is 66.7 Å². The molecule has 1 fully saturated rings. The number of aromatic nitrogens is 1. The van der Waals surface area contributed by atoms with E-state index in [9.17, 15) is 10.1 Å². The minimum Gasteiger partial charge on any atom is -0.497 e. The monoisotopic (exact) mass is 591 g/mol. The van der Waals surface area contributed by atoms with Crippen LogP contribution in [0.1, 0.15) is 37.3 Å². The zero-order valence-corrected chi connectivity index (χ0v) is 25.1. The fourth-order valence-electron chi connectivity index (χ4n) is 5.30. The summed E-state index contributed by atoms with van der Waals surface area (Å²) in [5.74, 6) is 1.86. The van der Waals surface area contributed by atoms with Gasteiger partial charge in [0.05, 0.1) is 18.5 Å². The third kappa shape index (κ3) is 7.46. The van der Waals surface area contributed by atoms with Gasteiger partial charge >= 0.3 is 0 Å². The maximum absolute atomic E-state index is 11.9. The maximum Gasteiger partial charge on any atom is 0.221 e. The summed E-state index contributed by atoms with van der Waals surface area (Å²) in [5, 5.41) is 12.9. The van der Waals surface area contributed by atoms with Gasteiger partial charge < -0.3 is 25.3 Å². The molecule has 0 spiro atoms. The molecular formula is C35H37N5O4. The number of hydrogen-bond donors (Lipinski definition) is 2. The molecule has 5 rings (SSSR count). The van der Waals surface area contributed by atoms with E-state index >= 15 is 0 Å². The zero-order chi connectivity index (χ0) is 30.9. The normalized spacial score (nSPS) is 13.1. The van der Waals surface area contributed by atoms with Crippen LogP contribution in [0.2, 0.25) is 0 Å². The summed E-state index contributed by atoms with van der Waals surface area (Å²) >= 11 is 0. The van der Waals surface area contributed by atoms with E-state index in [2.05, 4.69) is 21.3 Å². The van der Waals surface area contributed by atoms with Crippen LogP contribution in [-0.4, -0.2) is 49.1 Å². The van der Waals surface area contributed by atoms with Gasteiger partial charge in [-0.3, -0.25) is 9.69 Å². The second-order valence-corrected chi connectivity index (χ2v) is 10.7. The molecule has 1 aliphatic heterocycles. The van der Waals surface area contributed by atoms with Crippen LogP contribution < -0.4 is 25.3 Å². The highest BCUT2D eigenvalue weighted by molar-refractivity contribution is 5.91. The molecule has 3 aromatic carbocycles. The molecule has 1 aromatic heterocycles. The number of piperidine rings is 1. The Morgan fingerprint density at radius 1 is 0.977 bits per heavy atom. The van der Waals surface area contributed by atoms with Crippen LogP contribution in [-0.2, 0) is 11.4 Å². The van der Waals surface area contributed by atoms with Crippen molar-refractivity contribution < 1.29 is 19.0 Å². The number of nitrogens with one attached hydrogen (secondary N) is 1. The topological polar surface area (TPSA) is 123 Å². The van der Waals surface area contributed by atoms with Gasteiger partial charge in [-0.25, -0.2) is 4.98 Å². The first-order valence-corrected chi connectivity index (χ1v) is 14.8. The molecule has 0 bridgehead atoms. The lowest BCUT2D eigenvalue weighted by Gasteiger charge is -2.26. The number of nitrogen functional groups attached to an aromatic ring is 1. The van der Waals surface area contributed by atoms with Crippen molar-refractivity contribution in [2.24, 2.45) is 0 Å². The highest BCUT2D eigenvalue weighted by atomic mass is 16.5.